The van der Waals surface area contributed by atoms with Gasteiger partial charge in [0, 0.05) is 17.0 Å². The molecule has 0 aliphatic carbocycles. The fourth-order valence-electron chi connectivity index (χ4n) is 2.44. The van der Waals surface area contributed by atoms with Crippen molar-refractivity contribution in [3.8, 4) is 0 Å². The fourth-order valence-corrected chi connectivity index (χ4v) is 2.56. The van der Waals surface area contributed by atoms with E-state index in [1.54, 1.807) is 27.7 Å². The maximum Gasteiger partial charge on any atom is 0.408 e. The largest absolute Gasteiger partial charge is 0.444 e. The standard InChI is InChI=1S/C19H29ClN2O3/c1-7-16(12(2)14-8-10-15(20)11-9-14)22-17(23)13(3)21-18(24)25-19(4,5)6/h8-13,16H,7H2,1-6H3,(H,21,24)(H,22,23). The van der Waals surface area contributed by atoms with Gasteiger partial charge >= 0.3 is 6.09 Å². The summed E-state index contributed by atoms with van der Waals surface area (Å²) in [4.78, 5) is 24.2. The zero-order valence-electron chi connectivity index (χ0n) is 15.9. The molecule has 0 bridgehead atoms. The van der Waals surface area contributed by atoms with Gasteiger partial charge in [-0.3, -0.25) is 4.79 Å². The van der Waals surface area contributed by atoms with Crippen molar-refractivity contribution in [3.05, 3.63) is 34.9 Å². The number of hydrogen-bond donors (Lipinski definition) is 2. The summed E-state index contributed by atoms with van der Waals surface area (Å²) in [6, 6.07) is 6.88. The molecule has 140 valence electrons. The Morgan fingerprint density at radius 2 is 1.68 bits per heavy atom. The zero-order valence-corrected chi connectivity index (χ0v) is 16.6. The minimum Gasteiger partial charge on any atom is -0.444 e. The minimum absolute atomic E-state index is 0.0448. The number of rotatable bonds is 6. The summed E-state index contributed by atoms with van der Waals surface area (Å²) in [6.07, 6.45) is 0.170. The second-order valence-corrected chi connectivity index (χ2v) is 7.67. The average molecular weight is 369 g/mol. The number of alkyl carbamates (subject to hydrolysis) is 1. The molecule has 0 aliphatic heterocycles. The smallest absolute Gasteiger partial charge is 0.408 e. The predicted molar refractivity (Wildman–Crippen MR) is 101 cm³/mol. The normalized spacial score (nSPS) is 15.0. The molecule has 25 heavy (non-hydrogen) atoms. The molecule has 3 unspecified atom stereocenters. The second-order valence-electron chi connectivity index (χ2n) is 7.23. The number of benzene rings is 1. The third kappa shape index (κ3) is 7.34. The van der Waals surface area contributed by atoms with Crippen molar-refractivity contribution in [2.24, 2.45) is 0 Å². The molecular formula is C19H29ClN2O3. The maximum absolute atomic E-state index is 12.4. The van der Waals surface area contributed by atoms with Crippen LogP contribution in [0.15, 0.2) is 24.3 Å². The minimum atomic E-state index is -0.679. The first-order valence-corrected chi connectivity index (χ1v) is 8.96. The van der Waals surface area contributed by atoms with Crippen molar-refractivity contribution in [1.29, 1.82) is 0 Å². The number of nitrogens with one attached hydrogen (secondary N) is 2. The van der Waals surface area contributed by atoms with Crippen LogP contribution in [0.5, 0.6) is 0 Å². The van der Waals surface area contributed by atoms with Gasteiger partial charge in [-0.25, -0.2) is 4.79 Å². The Labute approximate surface area is 155 Å². The number of carbonyl (C=O) groups is 2. The highest BCUT2D eigenvalue weighted by Crippen LogP contribution is 2.23. The van der Waals surface area contributed by atoms with Crippen LogP contribution >= 0.6 is 11.6 Å². The first-order chi connectivity index (χ1) is 11.5. The average Bonchev–Trinajstić information content (AvgIpc) is 2.50. The molecule has 0 aliphatic rings. The third-order valence-corrected chi connectivity index (χ3v) is 4.15. The van der Waals surface area contributed by atoms with Crippen LogP contribution in [0.1, 0.15) is 59.4 Å². The highest BCUT2D eigenvalue weighted by Gasteiger charge is 2.24. The Bertz CT molecular complexity index is 581. The van der Waals surface area contributed by atoms with Crippen LogP contribution in [-0.4, -0.2) is 29.7 Å². The van der Waals surface area contributed by atoms with E-state index in [4.69, 9.17) is 16.3 Å². The Morgan fingerprint density at radius 1 is 1.12 bits per heavy atom. The number of carbonyl (C=O) groups excluding carboxylic acids is 2. The van der Waals surface area contributed by atoms with E-state index >= 15 is 0 Å². The van der Waals surface area contributed by atoms with Crippen LogP contribution in [0, 0.1) is 0 Å². The quantitative estimate of drug-likeness (QED) is 0.788. The number of halogens is 1. The molecule has 0 saturated heterocycles. The van der Waals surface area contributed by atoms with Crippen LogP contribution in [0.4, 0.5) is 4.79 Å². The van der Waals surface area contributed by atoms with E-state index in [2.05, 4.69) is 17.6 Å². The van der Waals surface area contributed by atoms with Crippen molar-refractivity contribution in [3.63, 3.8) is 0 Å². The molecule has 0 heterocycles. The van der Waals surface area contributed by atoms with Gasteiger partial charge in [0.1, 0.15) is 11.6 Å². The number of amides is 2. The molecule has 0 spiro atoms. The number of hydrogen-bond acceptors (Lipinski definition) is 3. The van der Waals surface area contributed by atoms with Gasteiger partial charge in [-0.2, -0.15) is 0 Å². The van der Waals surface area contributed by atoms with E-state index in [1.807, 2.05) is 31.2 Å². The van der Waals surface area contributed by atoms with Gasteiger partial charge in [-0.15, -0.1) is 0 Å². The first kappa shape index (κ1) is 21.3. The molecule has 5 nitrogen and oxygen atoms in total. The lowest BCUT2D eigenvalue weighted by Gasteiger charge is -2.27. The van der Waals surface area contributed by atoms with Gasteiger partial charge in [0.15, 0.2) is 0 Å². The molecule has 0 radical (unpaired) electrons. The van der Waals surface area contributed by atoms with Gasteiger partial charge in [-0.05, 0) is 51.8 Å². The Kier molecular flexibility index (Phi) is 7.74. The molecule has 1 aromatic carbocycles. The van der Waals surface area contributed by atoms with Gasteiger partial charge in [0.25, 0.3) is 0 Å². The molecule has 6 heteroatoms. The lowest BCUT2D eigenvalue weighted by Crippen LogP contribution is -2.50. The van der Waals surface area contributed by atoms with Crippen molar-refractivity contribution in [2.75, 3.05) is 0 Å². The lowest BCUT2D eigenvalue weighted by molar-refractivity contribution is -0.123. The SMILES string of the molecule is CCC(NC(=O)C(C)NC(=O)OC(C)(C)C)C(C)c1ccc(Cl)cc1. The van der Waals surface area contributed by atoms with Crippen LogP contribution in [0.3, 0.4) is 0 Å². The molecule has 3 atom stereocenters. The van der Waals surface area contributed by atoms with Crippen LogP contribution in [0.2, 0.25) is 5.02 Å². The van der Waals surface area contributed by atoms with Crippen molar-refractivity contribution in [2.45, 2.75) is 71.6 Å². The van der Waals surface area contributed by atoms with E-state index in [9.17, 15) is 9.59 Å². The molecule has 0 saturated carbocycles. The van der Waals surface area contributed by atoms with Crippen LogP contribution < -0.4 is 10.6 Å². The summed E-state index contributed by atoms with van der Waals surface area (Å²) >= 11 is 5.93. The highest BCUT2D eigenvalue weighted by atomic mass is 35.5. The summed E-state index contributed by atoms with van der Waals surface area (Å²) in [5, 5.41) is 6.25. The summed E-state index contributed by atoms with van der Waals surface area (Å²) in [5.41, 5.74) is 0.499. The molecule has 1 aromatic rings. The molecular weight excluding hydrogens is 340 g/mol. The molecule has 1 rings (SSSR count). The molecule has 2 amide bonds. The van der Waals surface area contributed by atoms with E-state index in [-0.39, 0.29) is 17.9 Å². The van der Waals surface area contributed by atoms with Crippen molar-refractivity contribution in [1.82, 2.24) is 10.6 Å². The topological polar surface area (TPSA) is 67.4 Å². The van der Waals surface area contributed by atoms with E-state index in [0.717, 1.165) is 12.0 Å². The van der Waals surface area contributed by atoms with Gasteiger partial charge in [0.05, 0.1) is 0 Å². The molecule has 0 aromatic heterocycles. The zero-order chi connectivity index (χ0) is 19.2. The van der Waals surface area contributed by atoms with Crippen molar-refractivity contribution < 1.29 is 14.3 Å². The van der Waals surface area contributed by atoms with Gasteiger partial charge in [0.2, 0.25) is 5.91 Å². The summed E-state index contributed by atoms with van der Waals surface area (Å²) in [6.45, 7) is 11.0. The second kappa shape index (κ2) is 9.09. The summed E-state index contributed by atoms with van der Waals surface area (Å²) in [7, 11) is 0. The van der Waals surface area contributed by atoms with Gasteiger partial charge in [-0.1, -0.05) is 37.6 Å². The monoisotopic (exact) mass is 368 g/mol. The third-order valence-electron chi connectivity index (χ3n) is 3.89. The van der Waals surface area contributed by atoms with E-state index in [0.29, 0.717) is 5.02 Å². The summed E-state index contributed by atoms with van der Waals surface area (Å²) < 4.78 is 5.18. The molecule has 2 N–H and O–H groups in total. The fraction of sp³-hybridized carbons (Fsp3) is 0.579. The van der Waals surface area contributed by atoms with Crippen molar-refractivity contribution >= 4 is 23.6 Å². The highest BCUT2D eigenvalue weighted by molar-refractivity contribution is 6.30. The van der Waals surface area contributed by atoms with E-state index < -0.39 is 17.7 Å². The summed E-state index contributed by atoms with van der Waals surface area (Å²) in [5.74, 6) is -0.113. The first-order valence-electron chi connectivity index (χ1n) is 8.58. The van der Waals surface area contributed by atoms with Gasteiger partial charge < -0.3 is 15.4 Å². The Hall–Kier alpha value is -1.75. The molecule has 0 fully saturated rings. The predicted octanol–water partition coefficient (Wildman–Crippen LogP) is 4.25. The Morgan fingerprint density at radius 3 is 2.16 bits per heavy atom. The Balaban J connectivity index is 2.65. The lowest BCUT2D eigenvalue weighted by atomic mass is 9.91. The number of ether oxygens (including phenoxy) is 1. The van der Waals surface area contributed by atoms with Crippen LogP contribution in [-0.2, 0) is 9.53 Å². The van der Waals surface area contributed by atoms with E-state index in [1.165, 1.54) is 0 Å². The maximum atomic E-state index is 12.4. The van der Waals surface area contributed by atoms with Crippen LogP contribution in [0.25, 0.3) is 0 Å².